The van der Waals surface area contributed by atoms with E-state index in [9.17, 15) is 9.59 Å². The van der Waals surface area contributed by atoms with E-state index in [1.807, 2.05) is 24.3 Å². The van der Waals surface area contributed by atoms with Crippen LogP contribution in [0.1, 0.15) is 15.9 Å². The Kier molecular flexibility index (Phi) is 5.55. The molecule has 0 aromatic heterocycles. The second-order valence-corrected chi connectivity index (χ2v) is 6.40. The number of amides is 2. The van der Waals surface area contributed by atoms with Crippen molar-refractivity contribution in [3.05, 3.63) is 58.1 Å². The zero-order valence-corrected chi connectivity index (χ0v) is 15.0. The summed E-state index contributed by atoms with van der Waals surface area (Å²) in [6.45, 7) is 0.658. The van der Waals surface area contributed by atoms with Crippen LogP contribution in [-0.4, -0.2) is 31.7 Å². The maximum Gasteiger partial charge on any atom is 0.251 e. The van der Waals surface area contributed by atoms with E-state index < -0.39 is 0 Å². The summed E-state index contributed by atoms with van der Waals surface area (Å²) in [6.07, 6.45) is 0.669. The topological polar surface area (TPSA) is 76.7 Å². The van der Waals surface area contributed by atoms with Gasteiger partial charge in [-0.15, -0.1) is 0 Å². The first kappa shape index (κ1) is 17.3. The average Bonchev–Trinajstić information content (AvgIpc) is 3.07. The van der Waals surface area contributed by atoms with Gasteiger partial charge in [0.05, 0.1) is 6.54 Å². The third-order valence-electron chi connectivity index (χ3n) is 3.67. The van der Waals surface area contributed by atoms with Crippen LogP contribution in [0.3, 0.4) is 0 Å². The molecular weight excluding hydrogens is 388 g/mol. The second kappa shape index (κ2) is 8.02. The molecule has 0 bridgehead atoms. The van der Waals surface area contributed by atoms with Gasteiger partial charge < -0.3 is 20.1 Å². The van der Waals surface area contributed by atoms with Crippen molar-refractivity contribution in [3.63, 3.8) is 0 Å². The molecule has 2 aromatic carbocycles. The predicted octanol–water partition coefficient (Wildman–Crippen LogP) is 2.27. The molecule has 0 atom stereocenters. The molecule has 2 N–H and O–H groups in total. The Morgan fingerprint density at radius 3 is 2.72 bits per heavy atom. The Morgan fingerprint density at radius 2 is 1.88 bits per heavy atom. The minimum atomic E-state index is -0.285. The largest absolute Gasteiger partial charge is 0.454 e. The normalized spacial score (nSPS) is 11.9. The molecule has 2 aromatic rings. The third-order valence-corrected chi connectivity index (χ3v) is 4.16. The molecule has 0 aliphatic carbocycles. The summed E-state index contributed by atoms with van der Waals surface area (Å²) in [5, 5.41) is 5.38. The number of benzene rings is 2. The minimum Gasteiger partial charge on any atom is -0.454 e. The smallest absolute Gasteiger partial charge is 0.251 e. The molecule has 7 heteroatoms. The Labute approximate surface area is 153 Å². The van der Waals surface area contributed by atoms with E-state index >= 15 is 0 Å². The van der Waals surface area contributed by atoms with Gasteiger partial charge in [0.1, 0.15) is 0 Å². The van der Waals surface area contributed by atoms with Gasteiger partial charge in [0.25, 0.3) is 5.91 Å². The first-order valence-electron chi connectivity index (χ1n) is 7.81. The van der Waals surface area contributed by atoms with E-state index in [0.29, 0.717) is 18.5 Å². The Bertz CT molecular complexity index is 794. The second-order valence-electron chi connectivity index (χ2n) is 5.48. The minimum absolute atomic E-state index is 0.0630. The quantitative estimate of drug-likeness (QED) is 0.773. The lowest BCUT2D eigenvalue weighted by Gasteiger charge is -2.08. The maximum absolute atomic E-state index is 12.0. The van der Waals surface area contributed by atoms with Crippen molar-refractivity contribution in [2.24, 2.45) is 0 Å². The number of nitrogens with one attached hydrogen (secondary N) is 2. The van der Waals surface area contributed by atoms with Gasteiger partial charge in [-0.1, -0.05) is 28.1 Å². The number of carbonyl (C=O) groups excluding carboxylic acids is 2. The molecule has 1 heterocycles. The van der Waals surface area contributed by atoms with E-state index in [0.717, 1.165) is 21.5 Å². The van der Waals surface area contributed by atoms with Crippen molar-refractivity contribution < 1.29 is 19.1 Å². The zero-order valence-electron chi connectivity index (χ0n) is 13.4. The zero-order chi connectivity index (χ0) is 17.6. The highest BCUT2D eigenvalue weighted by Crippen LogP contribution is 2.32. The molecule has 0 fully saturated rings. The van der Waals surface area contributed by atoms with E-state index in [2.05, 4.69) is 26.6 Å². The number of carbonyl (C=O) groups is 2. The molecule has 0 radical (unpaired) electrons. The third kappa shape index (κ3) is 4.73. The van der Waals surface area contributed by atoms with Crippen LogP contribution in [0.5, 0.6) is 11.5 Å². The highest BCUT2D eigenvalue weighted by Gasteiger charge is 2.13. The molecule has 6 nitrogen and oxygen atoms in total. The number of rotatable bonds is 6. The maximum atomic E-state index is 12.0. The molecular formula is C18H17BrN2O4. The number of fused-ring (bicyclic) bond motifs is 1. The summed E-state index contributed by atoms with van der Waals surface area (Å²) in [7, 11) is 0. The number of ether oxygens (including phenoxy) is 2. The van der Waals surface area contributed by atoms with Gasteiger partial charge in [0, 0.05) is 16.6 Å². The highest BCUT2D eigenvalue weighted by molar-refractivity contribution is 9.10. The van der Waals surface area contributed by atoms with Crippen LogP contribution in [0.4, 0.5) is 0 Å². The van der Waals surface area contributed by atoms with E-state index in [4.69, 9.17) is 9.47 Å². The van der Waals surface area contributed by atoms with Crippen molar-refractivity contribution in [3.8, 4) is 11.5 Å². The molecule has 0 spiro atoms. The molecule has 0 unspecified atom stereocenters. The summed E-state index contributed by atoms with van der Waals surface area (Å²) >= 11 is 3.31. The summed E-state index contributed by atoms with van der Waals surface area (Å²) in [5.74, 6) is 0.949. The average molecular weight is 405 g/mol. The SMILES string of the molecule is O=C(CNC(=O)c1cccc(Br)c1)NCCc1ccc2c(c1)OCO2. The lowest BCUT2D eigenvalue weighted by atomic mass is 10.1. The Balaban J connectivity index is 1.40. The molecule has 130 valence electrons. The fourth-order valence-electron chi connectivity index (χ4n) is 2.40. The first-order chi connectivity index (χ1) is 12.1. The van der Waals surface area contributed by atoms with Crippen LogP contribution >= 0.6 is 15.9 Å². The molecule has 3 rings (SSSR count). The van der Waals surface area contributed by atoms with Gasteiger partial charge in [-0.25, -0.2) is 0 Å². The highest BCUT2D eigenvalue weighted by atomic mass is 79.9. The van der Waals surface area contributed by atoms with Gasteiger partial charge in [0.2, 0.25) is 12.7 Å². The van der Waals surface area contributed by atoms with Crippen molar-refractivity contribution in [2.45, 2.75) is 6.42 Å². The number of halogens is 1. The van der Waals surface area contributed by atoms with Crippen LogP contribution in [0.15, 0.2) is 46.9 Å². The molecule has 25 heavy (non-hydrogen) atoms. The fourth-order valence-corrected chi connectivity index (χ4v) is 2.80. The lowest BCUT2D eigenvalue weighted by molar-refractivity contribution is -0.120. The van der Waals surface area contributed by atoms with Crippen molar-refractivity contribution >= 4 is 27.7 Å². The van der Waals surface area contributed by atoms with Crippen molar-refractivity contribution in [1.82, 2.24) is 10.6 Å². The summed E-state index contributed by atoms with van der Waals surface area (Å²) in [5.41, 5.74) is 1.55. The van der Waals surface area contributed by atoms with Gasteiger partial charge in [-0.2, -0.15) is 0 Å². The molecule has 1 aliphatic heterocycles. The van der Waals surface area contributed by atoms with Gasteiger partial charge in [-0.3, -0.25) is 9.59 Å². The van der Waals surface area contributed by atoms with E-state index in [1.165, 1.54) is 0 Å². The Hall–Kier alpha value is -2.54. The summed E-state index contributed by atoms with van der Waals surface area (Å²) in [4.78, 5) is 23.8. The first-order valence-corrected chi connectivity index (χ1v) is 8.60. The van der Waals surface area contributed by atoms with Crippen molar-refractivity contribution in [1.29, 1.82) is 0 Å². The monoisotopic (exact) mass is 404 g/mol. The van der Waals surface area contributed by atoms with Crippen LogP contribution < -0.4 is 20.1 Å². The molecule has 1 aliphatic rings. The molecule has 0 saturated heterocycles. The standard InChI is InChI=1S/C18H17BrN2O4/c19-14-3-1-2-13(9-14)18(23)21-10-17(22)20-7-6-12-4-5-15-16(8-12)25-11-24-15/h1-5,8-9H,6-7,10-11H2,(H,20,22)(H,21,23). The van der Waals surface area contributed by atoms with Gasteiger partial charge in [-0.05, 0) is 42.3 Å². The molecule has 2 amide bonds. The van der Waals surface area contributed by atoms with E-state index in [1.54, 1.807) is 18.2 Å². The fraction of sp³-hybridized carbons (Fsp3) is 0.222. The number of hydrogen-bond acceptors (Lipinski definition) is 4. The van der Waals surface area contributed by atoms with Crippen LogP contribution in [0.25, 0.3) is 0 Å². The van der Waals surface area contributed by atoms with Crippen molar-refractivity contribution in [2.75, 3.05) is 19.9 Å². The molecule has 0 saturated carbocycles. The Morgan fingerprint density at radius 1 is 1.04 bits per heavy atom. The summed E-state index contributed by atoms with van der Waals surface area (Å²) in [6, 6.07) is 12.7. The van der Waals surface area contributed by atoms with Crippen LogP contribution in [0, 0.1) is 0 Å². The number of hydrogen-bond donors (Lipinski definition) is 2. The summed E-state index contributed by atoms with van der Waals surface area (Å²) < 4.78 is 11.4. The lowest BCUT2D eigenvalue weighted by Crippen LogP contribution is -2.37. The van der Waals surface area contributed by atoms with Gasteiger partial charge >= 0.3 is 0 Å². The van der Waals surface area contributed by atoms with Gasteiger partial charge in [0.15, 0.2) is 11.5 Å². The van der Waals surface area contributed by atoms with E-state index in [-0.39, 0.29) is 25.2 Å². The predicted molar refractivity (Wildman–Crippen MR) is 95.8 cm³/mol. The van der Waals surface area contributed by atoms with Crippen LogP contribution in [0.2, 0.25) is 0 Å². The van der Waals surface area contributed by atoms with Crippen LogP contribution in [-0.2, 0) is 11.2 Å².